The molecule has 1 aliphatic carbocycles. The molecule has 0 aromatic heterocycles. The number of benzene rings is 1. The second kappa shape index (κ2) is 7.33. The standard InChI is InChI=1S/C19H23FN2O3/c1-12(13-6-8-14(20)9-7-13)21-17(23)10-11-22-18(24)15-4-2-3-5-16(15)19(22)25/h6-9,12,15-16H,2-5,10-11H2,1H3,(H,21,23)/t12-,15-,16+/m0/s1. The van der Waals surface area contributed by atoms with Crippen molar-refractivity contribution in [1.29, 1.82) is 0 Å². The fourth-order valence-corrected chi connectivity index (χ4v) is 3.81. The van der Waals surface area contributed by atoms with Gasteiger partial charge in [-0.3, -0.25) is 19.3 Å². The fourth-order valence-electron chi connectivity index (χ4n) is 3.81. The quantitative estimate of drug-likeness (QED) is 0.833. The van der Waals surface area contributed by atoms with E-state index in [9.17, 15) is 18.8 Å². The molecule has 1 aromatic carbocycles. The van der Waals surface area contributed by atoms with Crippen molar-refractivity contribution in [2.75, 3.05) is 6.54 Å². The van der Waals surface area contributed by atoms with Crippen LogP contribution in [0.5, 0.6) is 0 Å². The van der Waals surface area contributed by atoms with Crippen LogP contribution < -0.4 is 5.32 Å². The van der Waals surface area contributed by atoms with E-state index in [0.29, 0.717) is 0 Å². The highest BCUT2D eigenvalue weighted by Gasteiger charge is 2.47. The lowest BCUT2D eigenvalue weighted by atomic mass is 9.81. The first-order valence-corrected chi connectivity index (χ1v) is 8.87. The average molecular weight is 346 g/mol. The van der Waals surface area contributed by atoms with Gasteiger partial charge in [-0.05, 0) is 37.5 Å². The minimum absolute atomic E-state index is 0.0858. The van der Waals surface area contributed by atoms with E-state index in [0.717, 1.165) is 31.2 Å². The van der Waals surface area contributed by atoms with E-state index in [-0.39, 0.29) is 54.4 Å². The van der Waals surface area contributed by atoms with Gasteiger partial charge in [-0.25, -0.2) is 4.39 Å². The van der Waals surface area contributed by atoms with Crippen LogP contribution in [0.25, 0.3) is 0 Å². The van der Waals surface area contributed by atoms with Crippen molar-refractivity contribution in [1.82, 2.24) is 10.2 Å². The van der Waals surface area contributed by atoms with Crippen molar-refractivity contribution in [3.63, 3.8) is 0 Å². The van der Waals surface area contributed by atoms with Crippen LogP contribution in [0.1, 0.15) is 50.6 Å². The SMILES string of the molecule is C[C@H](NC(=O)CCN1C(=O)[C@H]2CCCC[C@H]2C1=O)c1ccc(F)cc1. The lowest BCUT2D eigenvalue weighted by Crippen LogP contribution is -2.36. The van der Waals surface area contributed by atoms with Gasteiger partial charge in [0.15, 0.2) is 0 Å². The van der Waals surface area contributed by atoms with Gasteiger partial charge in [0.2, 0.25) is 17.7 Å². The molecule has 0 spiro atoms. The van der Waals surface area contributed by atoms with Crippen LogP contribution in [0.2, 0.25) is 0 Å². The normalized spacial score (nSPS) is 24.2. The van der Waals surface area contributed by atoms with Crippen molar-refractivity contribution >= 4 is 17.7 Å². The predicted molar refractivity (Wildman–Crippen MR) is 89.7 cm³/mol. The number of hydrogen-bond donors (Lipinski definition) is 1. The maximum atomic E-state index is 12.9. The fraction of sp³-hybridized carbons (Fsp3) is 0.526. The van der Waals surface area contributed by atoms with E-state index in [1.54, 1.807) is 12.1 Å². The molecule has 3 amide bonds. The summed E-state index contributed by atoms with van der Waals surface area (Å²) in [6.45, 7) is 1.94. The molecule has 5 nitrogen and oxygen atoms in total. The molecule has 3 rings (SSSR count). The number of halogens is 1. The third-order valence-corrected chi connectivity index (χ3v) is 5.24. The van der Waals surface area contributed by atoms with Gasteiger partial charge in [0.1, 0.15) is 5.82 Å². The lowest BCUT2D eigenvalue weighted by molar-refractivity contribution is -0.140. The Morgan fingerprint density at radius 2 is 1.72 bits per heavy atom. The Balaban J connectivity index is 1.52. The second-order valence-electron chi connectivity index (χ2n) is 6.92. The van der Waals surface area contributed by atoms with Gasteiger partial charge in [0.25, 0.3) is 0 Å². The molecule has 1 N–H and O–H groups in total. The number of amides is 3. The van der Waals surface area contributed by atoms with E-state index in [4.69, 9.17) is 0 Å². The number of fused-ring (bicyclic) bond motifs is 1. The zero-order chi connectivity index (χ0) is 18.0. The zero-order valence-corrected chi connectivity index (χ0v) is 14.3. The van der Waals surface area contributed by atoms with Gasteiger partial charge in [-0.2, -0.15) is 0 Å². The number of hydrogen-bond acceptors (Lipinski definition) is 3. The topological polar surface area (TPSA) is 66.5 Å². The van der Waals surface area contributed by atoms with Crippen molar-refractivity contribution in [3.05, 3.63) is 35.6 Å². The lowest BCUT2D eigenvalue weighted by Gasteiger charge is -2.19. The number of carbonyl (C=O) groups excluding carboxylic acids is 3. The molecule has 1 saturated heterocycles. The number of rotatable bonds is 5. The van der Waals surface area contributed by atoms with E-state index in [1.165, 1.54) is 17.0 Å². The largest absolute Gasteiger partial charge is 0.350 e. The molecule has 0 bridgehead atoms. The van der Waals surface area contributed by atoms with Crippen molar-refractivity contribution < 1.29 is 18.8 Å². The second-order valence-corrected chi connectivity index (χ2v) is 6.92. The molecule has 1 saturated carbocycles. The van der Waals surface area contributed by atoms with Crippen LogP contribution >= 0.6 is 0 Å². The molecule has 1 aliphatic heterocycles. The van der Waals surface area contributed by atoms with Gasteiger partial charge >= 0.3 is 0 Å². The van der Waals surface area contributed by atoms with Gasteiger partial charge in [-0.1, -0.05) is 25.0 Å². The number of carbonyl (C=O) groups is 3. The Morgan fingerprint density at radius 3 is 2.28 bits per heavy atom. The van der Waals surface area contributed by atoms with Gasteiger partial charge in [-0.15, -0.1) is 0 Å². The number of nitrogens with zero attached hydrogens (tertiary/aromatic N) is 1. The van der Waals surface area contributed by atoms with Crippen molar-refractivity contribution in [2.45, 2.75) is 45.1 Å². The first-order chi connectivity index (χ1) is 12.0. The van der Waals surface area contributed by atoms with Crippen molar-refractivity contribution in [2.24, 2.45) is 11.8 Å². The summed E-state index contributed by atoms with van der Waals surface area (Å²) in [6.07, 6.45) is 3.62. The van der Waals surface area contributed by atoms with Gasteiger partial charge in [0, 0.05) is 13.0 Å². The third-order valence-electron chi connectivity index (χ3n) is 5.24. The Hall–Kier alpha value is -2.24. The number of likely N-dealkylation sites (tertiary alicyclic amines) is 1. The first-order valence-electron chi connectivity index (χ1n) is 8.87. The van der Waals surface area contributed by atoms with E-state index in [1.807, 2.05) is 6.92 Å². The maximum absolute atomic E-state index is 12.9. The molecule has 6 heteroatoms. The zero-order valence-electron chi connectivity index (χ0n) is 14.3. The van der Waals surface area contributed by atoms with Crippen LogP contribution in [0.15, 0.2) is 24.3 Å². The summed E-state index contributed by atoms with van der Waals surface area (Å²) in [5, 5.41) is 2.82. The minimum atomic E-state index is -0.324. The molecule has 134 valence electrons. The summed E-state index contributed by atoms with van der Waals surface area (Å²) < 4.78 is 12.9. The number of nitrogens with one attached hydrogen (secondary N) is 1. The minimum Gasteiger partial charge on any atom is -0.350 e. The Kier molecular flexibility index (Phi) is 5.16. The summed E-state index contributed by atoms with van der Waals surface area (Å²) in [7, 11) is 0. The van der Waals surface area contributed by atoms with E-state index < -0.39 is 0 Å². The van der Waals surface area contributed by atoms with E-state index >= 15 is 0 Å². The Bertz CT molecular complexity index is 650. The molecule has 3 atom stereocenters. The van der Waals surface area contributed by atoms with Crippen LogP contribution in [-0.2, 0) is 14.4 Å². The van der Waals surface area contributed by atoms with Crippen molar-refractivity contribution in [3.8, 4) is 0 Å². The third kappa shape index (κ3) is 3.72. The molecule has 1 heterocycles. The molecule has 2 aliphatic rings. The smallest absolute Gasteiger partial charge is 0.233 e. The van der Waals surface area contributed by atoms with Crippen LogP contribution in [-0.4, -0.2) is 29.2 Å². The van der Waals surface area contributed by atoms with Crippen LogP contribution in [0, 0.1) is 17.7 Å². The molecular formula is C19H23FN2O3. The summed E-state index contributed by atoms with van der Waals surface area (Å²) in [4.78, 5) is 38.2. The Morgan fingerprint density at radius 1 is 1.16 bits per heavy atom. The summed E-state index contributed by atoms with van der Waals surface area (Å²) in [5.74, 6) is -1.14. The number of imide groups is 1. The summed E-state index contributed by atoms with van der Waals surface area (Å²) in [6, 6.07) is 5.68. The average Bonchev–Trinajstić information content (AvgIpc) is 2.85. The van der Waals surface area contributed by atoms with Crippen LogP contribution in [0.4, 0.5) is 4.39 Å². The van der Waals surface area contributed by atoms with Gasteiger partial charge < -0.3 is 5.32 Å². The monoisotopic (exact) mass is 346 g/mol. The molecule has 25 heavy (non-hydrogen) atoms. The molecule has 0 unspecified atom stereocenters. The molecule has 0 radical (unpaired) electrons. The Labute approximate surface area is 146 Å². The highest BCUT2D eigenvalue weighted by Crippen LogP contribution is 2.37. The maximum Gasteiger partial charge on any atom is 0.233 e. The summed E-state index contributed by atoms with van der Waals surface area (Å²) >= 11 is 0. The highest BCUT2D eigenvalue weighted by molar-refractivity contribution is 6.05. The molecule has 2 fully saturated rings. The first kappa shape index (κ1) is 17.6. The predicted octanol–water partition coefficient (Wildman–Crippen LogP) is 2.57. The molecule has 1 aromatic rings. The highest BCUT2D eigenvalue weighted by atomic mass is 19.1. The molecular weight excluding hydrogens is 323 g/mol. The van der Waals surface area contributed by atoms with E-state index in [2.05, 4.69) is 5.32 Å². The summed E-state index contributed by atoms with van der Waals surface area (Å²) in [5.41, 5.74) is 0.800. The van der Waals surface area contributed by atoms with Crippen LogP contribution in [0.3, 0.4) is 0 Å². The van der Waals surface area contributed by atoms with Gasteiger partial charge in [0.05, 0.1) is 17.9 Å².